The number of esters is 2. The average Bonchev–Trinajstić information content (AvgIpc) is 3.04. The molecule has 8 atom stereocenters. The molecule has 0 radical (unpaired) electrons. The molecule has 0 aliphatic heterocycles. The number of fused-ring (bicyclic) bond motifs is 5. The second-order valence-electron chi connectivity index (χ2n) is 10.4. The van der Waals surface area contributed by atoms with Crippen LogP contribution in [0.25, 0.3) is 0 Å². The number of Topliss-reactive ketones (excluding diaryl/α,β-unsaturated/α-hetero) is 1. The first-order chi connectivity index (χ1) is 15.0. The molecule has 0 aromatic carbocycles. The minimum absolute atomic E-state index is 0.0196. The van der Waals surface area contributed by atoms with Crippen LogP contribution in [0, 0.1) is 40.4 Å². The van der Waals surface area contributed by atoms with Gasteiger partial charge in [-0.25, -0.2) is 0 Å². The zero-order valence-corrected chi connectivity index (χ0v) is 19.1. The fraction of sp³-hybridized carbons (Fsp3) is 0.680. The Morgan fingerprint density at radius 1 is 1.25 bits per heavy atom. The zero-order valence-electron chi connectivity index (χ0n) is 19.1. The Balaban J connectivity index is 1.72. The lowest BCUT2D eigenvalue weighted by Crippen LogP contribution is -2.56. The van der Waals surface area contributed by atoms with E-state index in [2.05, 4.69) is 6.92 Å². The van der Waals surface area contributed by atoms with E-state index in [4.69, 9.17) is 9.47 Å². The lowest BCUT2D eigenvalue weighted by molar-refractivity contribution is -0.157. The summed E-state index contributed by atoms with van der Waals surface area (Å²) >= 11 is 0. The van der Waals surface area contributed by atoms with Gasteiger partial charge in [-0.15, -0.1) is 0 Å². The van der Waals surface area contributed by atoms with Crippen LogP contribution in [0.1, 0.15) is 46.5 Å². The topological polar surface area (TPSA) is 107 Å². The Morgan fingerprint density at radius 3 is 2.62 bits per heavy atom. The molecule has 7 heteroatoms. The monoisotopic (exact) mass is 444 g/mol. The van der Waals surface area contributed by atoms with Crippen LogP contribution >= 0.6 is 0 Å². The van der Waals surface area contributed by atoms with Gasteiger partial charge in [-0.05, 0) is 55.1 Å². The van der Waals surface area contributed by atoms with E-state index in [1.165, 1.54) is 14.0 Å². The maximum atomic E-state index is 13.2. The Hall–Kier alpha value is -2.28. The van der Waals surface area contributed by atoms with Crippen LogP contribution in [0.5, 0.6) is 0 Å². The highest BCUT2D eigenvalue weighted by Crippen LogP contribution is 2.67. The molecule has 0 aromatic rings. The number of ether oxygens (including phenoxy) is 2. The third-order valence-corrected chi connectivity index (χ3v) is 8.82. The summed E-state index contributed by atoms with van der Waals surface area (Å²) in [5.74, 6) is -2.55. The van der Waals surface area contributed by atoms with E-state index in [1.807, 2.05) is 13.0 Å². The van der Waals surface area contributed by atoms with Gasteiger partial charge in [-0.1, -0.05) is 25.5 Å². The van der Waals surface area contributed by atoms with Crippen molar-refractivity contribution in [2.75, 3.05) is 13.7 Å². The smallest absolute Gasteiger partial charge is 0.309 e. The van der Waals surface area contributed by atoms with Crippen LogP contribution in [0.3, 0.4) is 0 Å². The van der Waals surface area contributed by atoms with Crippen molar-refractivity contribution in [3.8, 4) is 0 Å². The predicted molar refractivity (Wildman–Crippen MR) is 114 cm³/mol. The number of methoxy groups -OCH3 is 1. The number of aliphatic hydroxyl groups excluding tert-OH is 1. The molecule has 0 spiro atoms. The maximum Gasteiger partial charge on any atom is 0.309 e. The quantitative estimate of drug-likeness (QED) is 0.664. The van der Waals surface area contributed by atoms with Gasteiger partial charge in [0.1, 0.15) is 6.61 Å². The van der Waals surface area contributed by atoms with E-state index in [0.717, 1.165) is 18.4 Å². The zero-order chi connectivity index (χ0) is 23.4. The predicted octanol–water partition coefficient (Wildman–Crippen LogP) is 2.41. The Labute approximate surface area is 188 Å². The fourth-order valence-electron chi connectivity index (χ4n) is 7.61. The van der Waals surface area contributed by atoms with Crippen LogP contribution in [-0.4, -0.2) is 48.4 Å². The number of ketones is 2. The molecule has 0 heterocycles. The first-order valence-corrected chi connectivity index (χ1v) is 11.4. The van der Waals surface area contributed by atoms with Crippen molar-refractivity contribution in [2.24, 2.45) is 40.4 Å². The second kappa shape index (κ2) is 7.94. The van der Waals surface area contributed by atoms with E-state index in [-0.39, 0.29) is 35.9 Å². The van der Waals surface area contributed by atoms with Crippen LogP contribution in [0.2, 0.25) is 0 Å². The summed E-state index contributed by atoms with van der Waals surface area (Å²) in [6, 6.07) is 0. The van der Waals surface area contributed by atoms with Crippen molar-refractivity contribution >= 4 is 23.5 Å². The summed E-state index contributed by atoms with van der Waals surface area (Å²) in [5.41, 5.74) is 0.0274. The maximum absolute atomic E-state index is 13.2. The Morgan fingerprint density at radius 2 is 1.97 bits per heavy atom. The van der Waals surface area contributed by atoms with Gasteiger partial charge in [0.25, 0.3) is 0 Å². The number of allylic oxidation sites excluding steroid dienone is 4. The highest BCUT2D eigenvalue weighted by molar-refractivity contribution is 6.01. The van der Waals surface area contributed by atoms with Crippen molar-refractivity contribution in [3.63, 3.8) is 0 Å². The molecule has 0 amide bonds. The van der Waals surface area contributed by atoms with Crippen molar-refractivity contribution in [2.45, 2.75) is 52.6 Å². The minimum Gasteiger partial charge on any atom is -0.469 e. The van der Waals surface area contributed by atoms with Gasteiger partial charge in [0, 0.05) is 24.2 Å². The first-order valence-electron chi connectivity index (χ1n) is 11.4. The van der Waals surface area contributed by atoms with Gasteiger partial charge >= 0.3 is 11.9 Å². The van der Waals surface area contributed by atoms with Crippen LogP contribution in [-0.2, 0) is 28.7 Å². The van der Waals surface area contributed by atoms with E-state index in [9.17, 15) is 24.3 Å². The SMILES string of the molecule is COC(=O)[C@@H]1CC2C3CCC4=CC(=O)C=C[C@]4(C)C3C(O)C[C@]2(C)[C@H]1C(=O)COC(C)=O. The number of hydrogen-bond acceptors (Lipinski definition) is 7. The van der Waals surface area contributed by atoms with Crippen molar-refractivity contribution in [3.05, 3.63) is 23.8 Å². The van der Waals surface area contributed by atoms with Gasteiger partial charge in [0.15, 0.2) is 11.6 Å². The molecule has 3 saturated carbocycles. The summed E-state index contributed by atoms with van der Waals surface area (Å²) in [6.07, 6.45) is 6.96. The number of rotatable bonds is 4. The summed E-state index contributed by atoms with van der Waals surface area (Å²) in [7, 11) is 1.32. The Kier molecular flexibility index (Phi) is 5.68. The van der Waals surface area contributed by atoms with Gasteiger partial charge in [-0.3, -0.25) is 19.2 Å². The van der Waals surface area contributed by atoms with Gasteiger partial charge in [0.2, 0.25) is 0 Å². The summed E-state index contributed by atoms with van der Waals surface area (Å²) in [6.45, 7) is 4.94. The van der Waals surface area contributed by atoms with Gasteiger partial charge in [0.05, 0.1) is 19.1 Å². The van der Waals surface area contributed by atoms with Crippen LogP contribution < -0.4 is 0 Å². The number of aliphatic hydroxyl groups is 1. The molecular formula is C25H32O7. The number of carbonyl (C=O) groups excluding carboxylic acids is 4. The summed E-state index contributed by atoms with van der Waals surface area (Å²) < 4.78 is 10.0. The third kappa shape index (κ3) is 3.36. The minimum atomic E-state index is -0.687. The second-order valence-corrected chi connectivity index (χ2v) is 10.4. The standard InChI is InChI=1S/C25H32O7/c1-13(26)32-12-20(29)22-17(23(30)31-4)10-18-16-6-5-14-9-15(27)7-8-24(14,2)21(16)19(28)11-25(18,22)3/h7-9,16-19,21-22,28H,5-6,10-12H2,1-4H3/t16?,17-,18?,19?,21?,22-,24+,25+/m1/s1. The molecule has 0 bridgehead atoms. The third-order valence-electron chi connectivity index (χ3n) is 8.82. The van der Waals surface area contributed by atoms with E-state index in [1.54, 1.807) is 12.2 Å². The van der Waals surface area contributed by atoms with Gasteiger partial charge < -0.3 is 14.6 Å². The molecule has 4 unspecified atom stereocenters. The molecule has 32 heavy (non-hydrogen) atoms. The van der Waals surface area contributed by atoms with Crippen molar-refractivity contribution < 1.29 is 33.8 Å². The van der Waals surface area contributed by atoms with Crippen molar-refractivity contribution in [1.29, 1.82) is 0 Å². The largest absolute Gasteiger partial charge is 0.469 e. The molecule has 0 saturated heterocycles. The normalized spacial score (nSPS) is 42.3. The number of hydrogen-bond donors (Lipinski definition) is 1. The molecular weight excluding hydrogens is 412 g/mol. The van der Waals surface area contributed by atoms with E-state index in [0.29, 0.717) is 12.8 Å². The van der Waals surface area contributed by atoms with E-state index >= 15 is 0 Å². The lowest BCUT2D eigenvalue weighted by atomic mass is 9.46. The molecule has 4 aliphatic rings. The first kappa shape index (κ1) is 22.9. The molecule has 174 valence electrons. The molecule has 3 fully saturated rings. The highest BCUT2D eigenvalue weighted by Gasteiger charge is 2.66. The molecule has 4 rings (SSSR count). The lowest BCUT2D eigenvalue weighted by Gasteiger charge is -2.58. The molecule has 1 N–H and O–H groups in total. The average molecular weight is 445 g/mol. The Bertz CT molecular complexity index is 917. The highest BCUT2D eigenvalue weighted by atomic mass is 16.5. The van der Waals surface area contributed by atoms with Crippen LogP contribution in [0.15, 0.2) is 23.8 Å². The van der Waals surface area contributed by atoms with Gasteiger partial charge in [-0.2, -0.15) is 0 Å². The molecule has 0 aromatic heterocycles. The van der Waals surface area contributed by atoms with Crippen LogP contribution in [0.4, 0.5) is 0 Å². The molecule has 4 aliphatic carbocycles. The summed E-state index contributed by atoms with van der Waals surface area (Å²) in [5, 5.41) is 11.4. The van der Waals surface area contributed by atoms with Crippen molar-refractivity contribution in [1.82, 2.24) is 0 Å². The summed E-state index contributed by atoms with van der Waals surface area (Å²) in [4.78, 5) is 49.2. The van der Waals surface area contributed by atoms with E-state index < -0.39 is 40.7 Å². The number of carbonyl (C=O) groups is 4. The fourth-order valence-corrected chi connectivity index (χ4v) is 7.61. The molecule has 7 nitrogen and oxygen atoms in total.